The molecule has 0 aromatic carbocycles. The maximum atomic E-state index is 11.9. The van der Waals surface area contributed by atoms with Gasteiger partial charge in [-0.2, -0.15) is 0 Å². The van der Waals surface area contributed by atoms with Crippen molar-refractivity contribution in [3.05, 3.63) is 18.2 Å². The first kappa shape index (κ1) is 13.0. The average molecular weight is 253 g/mol. The Bertz CT molecular complexity index is 392. The molecule has 1 atom stereocenters. The molecule has 1 aromatic rings. The van der Waals surface area contributed by atoms with E-state index in [0.29, 0.717) is 26.2 Å². The minimum Gasteiger partial charge on any atom is -0.394 e. The highest BCUT2D eigenvalue weighted by molar-refractivity contribution is 5.78. The van der Waals surface area contributed by atoms with Crippen molar-refractivity contribution in [2.45, 2.75) is 19.4 Å². The van der Waals surface area contributed by atoms with Gasteiger partial charge in [-0.05, 0) is 6.42 Å². The molecule has 1 unspecified atom stereocenters. The number of hydrogen-bond acceptors (Lipinski definition) is 4. The fourth-order valence-electron chi connectivity index (χ4n) is 2.13. The number of nitrogens with zero attached hydrogens (tertiary/aromatic N) is 2. The lowest BCUT2D eigenvalue weighted by molar-refractivity contribution is -0.125. The molecule has 100 valence electrons. The Morgan fingerprint density at radius 2 is 2.50 bits per heavy atom. The summed E-state index contributed by atoms with van der Waals surface area (Å²) in [6.07, 6.45) is 5.29. The highest BCUT2D eigenvalue weighted by Gasteiger charge is 2.24. The van der Waals surface area contributed by atoms with Gasteiger partial charge in [0.2, 0.25) is 5.91 Å². The quantitative estimate of drug-likeness (QED) is 0.675. The van der Waals surface area contributed by atoms with Crippen LogP contribution in [0.4, 0.5) is 0 Å². The molecule has 1 aliphatic heterocycles. The molecule has 0 aliphatic carbocycles. The third-order valence-corrected chi connectivity index (χ3v) is 3.10. The SMILES string of the molecule is O=C(NCCOCCO)C1CCn2ccnc2C1. The molecule has 0 saturated carbocycles. The number of carbonyl (C=O) groups excluding carboxylic acids is 1. The van der Waals surface area contributed by atoms with E-state index in [2.05, 4.69) is 14.9 Å². The van der Waals surface area contributed by atoms with Gasteiger partial charge in [-0.1, -0.05) is 0 Å². The fraction of sp³-hybridized carbons (Fsp3) is 0.667. The van der Waals surface area contributed by atoms with Crippen molar-refractivity contribution in [1.29, 1.82) is 0 Å². The molecule has 2 heterocycles. The first-order valence-electron chi connectivity index (χ1n) is 6.27. The summed E-state index contributed by atoms with van der Waals surface area (Å²) in [5, 5.41) is 11.4. The van der Waals surface area contributed by atoms with Crippen molar-refractivity contribution < 1.29 is 14.6 Å². The van der Waals surface area contributed by atoms with Crippen molar-refractivity contribution in [2.24, 2.45) is 5.92 Å². The molecule has 0 radical (unpaired) electrons. The molecule has 2 N–H and O–H groups in total. The first-order chi connectivity index (χ1) is 8.81. The van der Waals surface area contributed by atoms with Gasteiger partial charge in [0.05, 0.1) is 19.8 Å². The molecule has 0 spiro atoms. The zero-order chi connectivity index (χ0) is 12.8. The van der Waals surface area contributed by atoms with Gasteiger partial charge >= 0.3 is 0 Å². The van der Waals surface area contributed by atoms with Crippen LogP contribution in [0.2, 0.25) is 0 Å². The molecule has 6 nitrogen and oxygen atoms in total. The van der Waals surface area contributed by atoms with Crippen LogP contribution in [0.1, 0.15) is 12.2 Å². The number of ether oxygens (including phenoxy) is 1. The molecule has 0 fully saturated rings. The molecular weight excluding hydrogens is 234 g/mol. The third-order valence-electron chi connectivity index (χ3n) is 3.10. The van der Waals surface area contributed by atoms with E-state index in [1.54, 1.807) is 6.20 Å². The van der Waals surface area contributed by atoms with Gasteiger partial charge < -0.3 is 19.7 Å². The summed E-state index contributed by atoms with van der Waals surface area (Å²) in [6.45, 7) is 2.11. The Kier molecular flexibility index (Phi) is 4.72. The van der Waals surface area contributed by atoms with Crippen molar-refractivity contribution in [1.82, 2.24) is 14.9 Å². The van der Waals surface area contributed by atoms with Crippen LogP contribution in [0.3, 0.4) is 0 Å². The van der Waals surface area contributed by atoms with Gasteiger partial charge in [0.1, 0.15) is 5.82 Å². The molecule has 1 aliphatic rings. The van der Waals surface area contributed by atoms with Crippen molar-refractivity contribution in [3.8, 4) is 0 Å². The van der Waals surface area contributed by atoms with Gasteiger partial charge in [-0.25, -0.2) is 4.98 Å². The second-order valence-corrected chi connectivity index (χ2v) is 4.35. The smallest absolute Gasteiger partial charge is 0.223 e. The minimum absolute atomic E-state index is 0.0118. The number of imidazole rings is 1. The van der Waals surface area contributed by atoms with Gasteiger partial charge in [-0.3, -0.25) is 4.79 Å². The molecule has 18 heavy (non-hydrogen) atoms. The summed E-state index contributed by atoms with van der Waals surface area (Å²) in [6, 6.07) is 0. The van der Waals surface area contributed by atoms with E-state index >= 15 is 0 Å². The van der Waals surface area contributed by atoms with Crippen LogP contribution in [-0.4, -0.2) is 46.9 Å². The zero-order valence-corrected chi connectivity index (χ0v) is 10.3. The molecule has 0 saturated heterocycles. The van der Waals surface area contributed by atoms with Crippen LogP contribution in [0.15, 0.2) is 12.4 Å². The molecule has 2 rings (SSSR count). The topological polar surface area (TPSA) is 76.4 Å². The molecule has 0 bridgehead atoms. The second-order valence-electron chi connectivity index (χ2n) is 4.35. The lowest BCUT2D eigenvalue weighted by Crippen LogP contribution is -2.37. The molecule has 6 heteroatoms. The van der Waals surface area contributed by atoms with E-state index in [-0.39, 0.29) is 18.4 Å². The number of aromatic nitrogens is 2. The van der Waals surface area contributed by atoms with E-state index in [9.17, 15) is 4.79 Å². The number of aryl methyl sites for hydroxylation is 1. The molecule has 1 aromatic heterocycles. The van der Waals surface area contributed by atoms with Crippen molar-refractivity contribution in [2.75, 3.05) is 26.4 Å². The Hall–Kier alpha value is -1.40. The van der Waals surface area contributed by atoms with Crippen LogP contribution >= 0.6 is 0 Å². The third kappa shape index (κ3) is 3.30. The average Bonchev–Trinajstić information content (AvgIpc) is 2.85. The minimum atomic E-state index is 0.0118. The standard InChI is InChI=1S/C12H19N3O3/c16-6-8-18-7-3-14-12(17)10-1-4-15-5-2-13-11(15)9-10/h2,5,10,16H,1,3-4,6-9H2,(H,14,17). The van der Waals surface area contributed by atoms with E-state index < -0.39 is 0 Å². The second kappa shape index (κ2) is 6.51. The largest absolute Gasteiger partial charge is 0.394 e. The molecule has 1 amide bonds. The number of rotatable bonds is 6. The Morgan fingerprint density at radius 1 is 1.61 bits per heavy atom. The fourth-order valence-corrected chi connectivity index (χ4v) is 2.13. The Labute approximate surface area is 106 Å². The maximum Gasteiger partial charge on any atom is 0.223 e. The monoisotopic (exact) mass is 253 g/mol. The number of aliphatic hydroxyl groups is 1. The summed E-state index contributed by atoms with van der Waals surface area (Å²) >= 11 is 0. The maximum absolute atomic E-state index is 11.9. The number of nitrogens with one attached hydrogen (secondary N) is 1. The lowest BCUT2D eigenvalue weighted by Gasteiger charge is -2.22. The van der Waals surface area contributed by atoms with E-state index in [1.165, 1.54) is 0 Å². The van der Waals surface area contributed by atoms with Crippen molar-refractivity contribution >= 4 is 5.91 Å². The summed E-state index contributed by atoms with van der Waals surface area (Å²) in [5.41, 5.74) is 0. The first-order valence-corrected chi connectivity index (χ1v) is 6.27. The van der Waals surface area contributed by atoms with Crippen LogP contribution < -0.4 is 5.32 Å². The number of aliphatic hydroxyl groups excluding tert-OH is 1. The number of amides is 1. The Balaban J connectivity index is 1.71. The van der Waals surface area contributed by atoms with Crippen LogP contribution in [0.5, 0.6) is 0 Å². The zero-order valence-electron chi connectivity index (χ0n) is 10.3. The summed E-state index contributed by atoms with van der Waals surface area (Å²) in [4.78, 5) is 16.2. The van der Waals surface area contributed by atoms with Gasteiger partial charge in [-0.15, -0.1) is 0 Å². The number of carbonyl (C=O) groups is 1. The van der Waals surface area contributed by atoms with Crippen LogP contribution in [0, 0.1) is 5.92 Å². The highest BCUT2D eigenvalue weighted by atomic mass is 16.5. The van der Waals surface area contributed by atoms with Gasteiger partial charge in [0.15, 0.2) is 0 Å². The van der Waals surface area contributed by atoms with E-state index in [1.807, 2.05) is 6.20 Å². The van der Waals surface area contributed by atoms with Gasteiger partial charge in [0.25, 0.3) is 0 Å². The van der Waals surface area contributed by atoms with Crippen LogP contribution in [-0.2, 0) is 22.5 Å². The van der Waals surface area contributed by atoms with Crippen molar-refractivity contribution in [3.63, 3.8) is 0 Å². The summed E-state index contributed by atoms with van der Waals surface area (Å²) < 4.78 is 7.17. The molecular formula is C12H19N3O3. The summed E-state index contributed by atoms with van der Waals surface area (Å²) in [5.74, 6) is 1.06. The van der Waals surface area contributed by atoms with Crippen LogP contribution in [0.25, 0.3) is 0 Å². The normalized spacial score (nSPS) is 18.4. The number of fused-ring (bicyclic) bond motifs is 1. The van der Waals surface area contributed by atoms with E-state index in [4.69, 9.17) is 9.84 Å². The Morgan fingerprint density at radius 3 is 3.33 bits per heavy atom. The lowest BCUT2D eigenvalue weighted by atomic mass is 9.97. The van der Waals surface area contributed by atoms with Gasteiger partial charge in [0, 0.05) is 37.8 Å². The van der Waals surface area contributed by atoms with E-state index in [0.717, 1.165) is 18.8 Å². The predicted molar refractivity (Wildman–Crippen MR) is 65.0 cm³/mol. The summed E-state index contributed by atoms with van der Waals surface area (Å²) in [7, 11) is 0. The number of hydrogen-bond donors (Lipinski definition) is 2. The predicted octanol–water partition coefficient (Wildman–Crippen LogP) is -0.429. The highest BCUT2D eigenvalue weighted by Crippen LogP contribution is 2.18.